The van der Waals surface area contributed by atoms with Gasteiger partial charge in [0.15, 0.2) is 0 Å². The highest BCUT2D eigenvalue weighted by Crippen LogP contribution is 2.48. The molecule has 2 unspecified atom stereocenters. The zero-order valence-corrected chi connectivity index (χ0v) is 26.7. The second-order valence-electron chi connectivity index (χ2n) is 14.4. The lowest BCUT2D eigenvalue weighted by Crippen LogP contribution is -2.60. The highest BCUT2D eigenvalue weighted by atomic mass is 16.5. The van der Waals surface area contributed by atoms with Crippen molar-refractivity contribution in [3.63, 3.8) is 0 Å². The third-order valence-electron chi connectivity index (χ3n) is 11.4. The van der Waals surface area contributed by atoms with Crippen LogP contribution in [0.15, 0.2) is 30.3 Å². The summed E-state index contributed by atoms with van der Waals surface area (Å²) in [4.78, 5) is 34.4. The summed E-state index contributed by atoms with van der Waals surface area (Å²) < 4.78 is 11.1. The average Bonchev–Trinajstić information content (AvgIpc) is 3.43. The molecular formula is C35H54N4O4. The van der Waals surface area contributed by atoms with Crippen molar-refractivity contribution in [2.45, 2.75) is 120 Å². The minimum Gasteiger partial charge on any atom is -0.381 e. The van der Waals surface area contributed by atoms with Crippen LogP contribution in [0.2, 0.25) is 0 Å². The standard InChI is InChI=1S/C35H54N4O4/c1-25(2)39-34(41)37(23-26-16-19-43-20-17-26)24-35(39)21-29-11-12-30(22-35)38(29)18-15-32(27-7-5-4-6-8-27)36-33(40)28-9-13-31(42-3)14-10-28/h4-8,25-26,28-32H,9-24H2,1-3H3,(H,36,40)/t28?,29?,30?,31?,32-,35?/m0/s1. The van der Waals surface area contributed by atoms with E-state index in [1.807, 2.05) is 6.07 Å². The summed E-state index contributed by atoms with van der Waals surface area (Å²) in [7, 11) is 1.78. The minimum absolute atomic E-state index is 0.0133. The molecule has 1 aliphatic carbocycles. The van der Waals surface area contributed by atoms with Gasteiger partial charge in [0, 0.05) is 64.0 Å². The first kappa shape index (κ1) is 30.8. The largest absolute Gasteiger partial charge is 0.381 e. The van der Waals surface area contributed by atoms with Crippen LogP contribution in [0.4, 0.5) is 4.79 Å². The van der Waals surface area contributed by atoms with Crippen molar-refractivity contribution in [3.05, 3.63) is 35.9 Å². The molecule has 3 atom stereocenters. The second-order valence-corrected chi connectivity index (χ2v) is 14.4. The lowest BCUT2D eigenvalue weighted by atomic mass is 9.81. The number of methoxy groups -OCH3 is 1. The molecule has 0 aromatic heterocycles. The van der Waals surface area contributed by atoms with Gasteiger partial charge in [-0.25, -0.2) is 4.79 Å². The summed E-state index contributed by atoms with van der Waals surface area (Å²) in [5.74, 6) is 0.832. The molecule has 5 aliphatic rings. The highest BCUT2D eigenvalue weighted by Gasteiger charge is 2.57. The Bertz CT molecular complexity index is 1070. The molecule has 1 aromatic rings. The molecule has 6 rings (SSSR count). The predicted octanol–water partition coefficient (Wildman–Crippen LogP) is 5.38. The number of rotatable bonds is 10. The Morgan fingerprint density at radius 3 is 2.30 bits per heavy atom. The van der Waals surface area contributed by atoms with Crippen LogP contribution < -0.4 is 5.32 Å². The smallest absolute Gasteiger partial charge is 0.320 e. The van der Waals surface area contributed by atoms with Crippen molar-refractivity contribution in [1.29, 1.82) is 0 Å². The molecule has 4 heterocycles. The van der Waals surface area contributed by atoms with Crippen LogP contribution in [0.5, 0.6) is 0 Å². The Morgan fingerprint density at radius 2 is 1.67 bits per heavy atom. The fraction of sp³-hybridized carbons (Fsp3) is 0.771. The van der Waals surface area contributed by atoms with E-state index in [4.69, 9.17) is 9.47 Å². The van der Waals surface area contributed by atoms with Gasteiger partial charge in [-0.05, 0) is 96.0 Å². The maximum absolute atomic E-state index is 13.8. The molecule has 4 saturated heterocycles. The number of nitrogens with one attached hydrogen (secondary N) is 1. The number of piperidine rings is 1. The zero-order valence-electron chi connectivity index (χ0n) is 26.7. The molecular weight excluding hydrogens is 540 g/mol. The van der Waals surface area contributed by atoms with Crippen molar-refractivity contribution in [1.82, 2.24) is 20.0 Å². The quantitative estimate of drug-likeness (QED) is 0.394. The van der Waals surface area contributed by atoms with Gasteiger partial charge in [0.05, 0.1) is 17.7 Å². The molecule has 2 bridgehead atoms. The van der Waals surface area contributed by atoms with Crippen LogP contribution >= 0.6 is 0 Å². The third kappa shape index (κ3) is 6.62. The van der Waals surface area contributed by atoms with E-state index in [1.54, 1.807) is 7.11 Å². The van der Waals surface area contributed by atoms with Crippen molar-refractivity contribution in [2.24, 2.45) is 11.8 Å². The Kier molecular flexibility index (Phi) is 9.65. The number of hydrogen-bond acceptors (Lipinski definition) is 5. The summed E-state index contributed by atoms with van der Waals surface area (Å²) in [6.45, 7) is 8.76. The lowest BCUT2D eigenvalue weighted by molar-refractivity contribution is -0.127. The predicted molar refractivity (Wildman–Crippen MR) is 168 cm³/mol. The van der Waals surface area contributed by atoms with Crippen LogP contribution in [0.25, 0.3) is 0 Å². The van der Waals surface area contributed by atoms with Gasteiger partial charge in [0.25, 0.3) is 0 Å². The number of fused-ring (bicyclic) bond motifs is 2. The number of urea groups is 1. The maximum atomic E-state index is 13.8. The van der Waals surface area contributed by atoms with Crippen LogP contribution in [0.1, 0.15) is 96.1 Å². The van der Waals surface area contributed by atoms with Gasteiger partial charge in [0.1, 0.15) is 0 Å². The van der Waals surface area contributed by atoms with E-state index in [9.17, 15) is 9.59 Å². The fourth-order valence-corrected chi connectivity index (χ4v) is 9.25. The number of carbonyl (C=O) groups excluding carboxylic acids is 2. The monoisotopic (exact) mass is 594 g/mol. The van der Waals surface area contributed by atoms with Gasteiger partial charge in [-0.1, -0.05) is 30.3 Å². The van der Waals surface area contributed by atoms with Crippen LogP contribution in [-0.4, -0.2) is 96.4 Å². The number of carbonyl (C=O) groups is 2. The first-order chi connectivity index (χ1) is 20.9. The summed E-state index contributed by atoms with van der Waals surface area (Å²) in [6, 6.07) is 12.0. The Balaban J connectivity index is 1.11. The topological polar surface area (TPSA) is 74.4 Å². The molecule has 1 spiro atoms. The molecule has 238 valence electrons. The lowest BCUT2D eigenvalue weighted by Gasteiger charge is -2.49. The van der Waals surface area contributed by atoms with E-state index in [-0.39, 0.29) is 35.5 Å². The molecule has 4 aliphatic heterocycles. The first-order valence-corrected chi connectivity index (χ1v) is 17.2. The van der Waals surface area contributed by atoms with Gasteiger partial charge in [-0.2, -0.15) is 0 Å². The molecule has 0 radical (unpaired) electrons. The average molecular weight is 595 g/mol. The summed E-state index contributed by atoms with van der Waals surface area (Å²) in [6.07, 6.45) is 11.6. The molecule has 8 heteroatoms. The van der Waals surface area contributed by atoms with Crippen LogP contribution in [0, 0.1) is 11.8 Å². The van der Waals surface area contributed by atoms with E-state index in [1.165, 1.54) is 18.4 Å². The van der Waals surface area contributed by atoms with Crippen LogP contribution in [0.3, 0.4) is 0 Å². The van der Waals surface area contributed by atoms with E-state index in [2.05, 4.69) is 58.1 Å². The van der Waals surface area contributed by atoms with Gasteiger partial charge < -0.3 is 24.6 Å². The van der Waals surface area contributed by atoms with E-state index in [0.717, 1.165) is 90.6 Å². The Morgan fingerprint density at radius 1 is 1.00 bits per heavy atom. The number of benzene rings is 1. The molecule has 1 saturated carbocycles. The summed E-state index contributed by atoms with van der Waals surface area (Å²) in [5.41, 5.74) is 1.13. The van der Waals surface area contributed by atoms with E-state index in [0.29, 0.717) is 24.1 Å². The van der Waals surface area contributed by atoms with Gasteiger partial charge in [-0.15, -0.1) is 0 Å². The van der Waals surface area contributed by atoms with Crippen molar-refractivity contribution in [3.8, 4) is 0 Å². The second kappa shape index (κ2) is 13.5. The molecule has 3 amide bonds. The Labute approximate surface area is 258 Å². The fourth-order valence-electron chi connectivity index (χ4n) is 9.25. The van der Waals surface area contributed by atoms with E-state index < -0.39 is 0 Å². The molecule has 1 aromatic carbocycles. The minimum atomic E-state index is -0.0627. The van der Waals surface area contributed by atoms with Crippen molar-refractivity contribution >= 4 is 11.9 Å². The van der Waals surface area contributed by atoms with Gasteiger partial charge in [-0.3, -0.25) is 9.69 Å². The highest BCUT2D eigenvalue weighted by molar-refractivity contribution is 5.79. The van der Waals surface area contributed by atoms with Crippen molar-refractivity contribution in [2.75, 3.05) is 40.0 Å². The maximum Gasteiger partial charge on any atom is 0.320 e. The molecule has 43 heavy (non-hydrogen) atoms. The number of ether oxygens (including phenoxy) is 2. The van der Waals surface area contributed by atoms with E-state index >= 15 is 0 Å². The normalized spacial score (nSPS) is 32.6. The molecule has 8 nitrogen and oxygen atoms in total. The summed E-state index contributed by atoms with van der Waals surface area (Å²) >= 11 is 0. The summed E-state index contributed by atoms with van der Waals surface area (Å²) in [5, 5.41) is 3.47. The number of nitrogens with zero attached hydrogens (tertiary/aromatic N) is 3. The third-order valence-corrected chi connectivity index (χ3v) is 11.4. The Hall–Kier alpha value is -2.16. The van der Waals surface area contributed by atoms with Gasteiger partial charge >= 0.3 is 6.03 Å². The van der Waals surface area contributed by atoms with Crippen molar-refractivity contribution < 1.29 is 19.1 Å². The van der Waals surface area contributed by atoms with Gasteiger partial charge in [0.2, 0.25) is 5.91 Å². The number of hydrogen-bond donors (Lipinski definition) is 1. The van der Waals surface area contributed by atoms with Crippen LogP contribution in [-0.2, 0) is 14.3 Å². The number of amides is 3. The molecule has 1 N–H and O–H groups in total. The SMILES string of the molecule is COC1CCC(C(=O)N[C@@H](CCN2C3CCC2CC2(C3)CN(CC3CCOCC3)C(=O)N2C(C)C)c2ccccc2)CC1. The first-order valence-electron chi connectivity index (χ1n) is 17.2. The molecule has 5 fully saturated rings. The zero-order chi connectivity index (χ0) is 30.0.